The molecule has 1 N–H and O–H groups in total. The third-order valence-electron chi connectivity index (χ3n) is 3.52. The normalized spacial score (nSPS) is 19.1. The van der Waals surface area contributed by atoms with Gasteiger partial charge in [0, 0.05) is 17.9 Å². The van der Waals surface area contributed by atoms with Gasteiger partial charge in [-0.1, -0.05) is 13.8 Å². The first-order chi connectivity index (χ1) is 9.60. The molecular formula is C14H15FN4O. The average Bonchev–Trinajstić information content (AvgIpc) is 2.76. The van der Waals surface area contributed by atoms with Crippen molar-refractivity contribution in [3.63, 3.8) is 0 Å². The minimum Gasteiger partial charge on any atom is -0.273 e. The number of nitrogens with zero attached hydrogens (tertiary/aromatic N) is 3. The summed E-state index contributed by atoms with van der Waals surface area (Å²) in [5.41, 5.74) is 5.90. The molecule has 1 aliphatic heterocycles. The minimum atomic E-state index is -0.332. The fourth-order valence-electron chi connectivity index (χ4n) is 2.55. The van der Waals surface area contributed by atoms with Crippen LogP contribution in [-0.4, -0.2) is 21.2 Å². The number of aryl methyl sites for hydroxylation is 1. The van der Waals surface area contributed by atoms with Crippen LogP contribution in [0.3, 0.4) is 0 Å². The molecule has 0 saturated heterocycles. The number of hydrogen-bond donors (Lipinski definition) is 1. The maximum absolute atomic E-state index is 13.3. The van der Waals surface area contributed by atoms with Crippen molar-refractivity contribution in [3.05, 3.63) is 35.4 Å². The van der Waals surface area contributed by atoms with Gasteiger partial charge in [0.2, 0.25) is 5.91 Å². The Bertz CT molecular complexity index is 719. The van der Waals surface area contributed by atoms with Crippen LogP contribution in [0.1, 0.15) is 31.5 Å². The van der Waals surface area contributed by atoms with E-state index in [0.717, 1.165) is 28.9 Å². The Labute approximate surface area is 115 Å². The van der Waals surface area contributed by atoms with E-state index in [0.29, 0.717) is 6.42 Å². The van der Waals surface area contributed by atoms with E-state index >= 15 is 0 Å². The Hall–Kier alpha value is -2.24. The molecule has 1 amide bonds. The third-order valence-corrected chi connectivity index (χ3v) is 3.52. The highest BCUT2D eigenvalue weighted by Gasteiger charge is 2.26. The van der Waals surface area contributed by atoms with Gasteiger partial charge in [-0.2, -0.15) is 10.2 Å². The Kier molecular flexibility index (Phi) is 3.00. The number of carbonyl (C=O) groups is 1. The number of amides is 1. The Morgan fingerprint density at radius 3 is 3.00 bits per heavy atom. The van der Waals surface area contributed by atoms with Gasteiger partial charge in [-0.3, -0.25) is 4.79 Å². The van der Waals surface area contributed by atoms with Gasteiger partial charge in [0.05, 0.1) is 23.1 Å². The van der Waals surface area contributed by atoms with E-state index in [-0.39, 0.29) is 17.6 Å². The molecule has 3 heterocycles. The summed E-state index contributed by atoms with van der Waals surface area (Å²) < 4.78 is 14.8. The first-order valence-corrected chi connectivity index (χ1v) is 6.63. The fraction of sp³-hybridized carbons (Fsp3) is 0.357. The molecule has 0 fully saturated rings. The van der Waals surface area contributed by atoms with Crippen LogP contribution in [0.2, 0.25) is 0 Å². The van der Waals surface area contributed by atoms with Crippen molar-refractivity contribution in [3.8, 4) is 0 Å². The predicted molar refractivity (Wildman–Crippen MR) is 73.0 cm³/mol. The second kappa shape index (κ2) is 4.70. The van der Waals surface area contributed by atoms with Gasteiger partial charge in [0.1, 0.15) is 5.82 Å². The van der Waals surface area contributed by atoms with Crippen LogP contribution < -0.4 is 5.43 Å². The van der Waals surface area contributed by atoms with Gasteiger partial charge in [0.15, 0.2) is 0 Å². The van der Waals surface area contributed by atoms with E-state index in [1.54, 1.807) is 6.07 Å². The van der Waals surface area contributed by atoms with Crippen LogP contribution in [0.25, 0.3) is 5.52 Å². The van der Waals surface area contributed by atoms with Crippen LogP contribution in [0.15, 0.2) is 23.4 Å². The van der Waals surface area contributed by atoms with Gasteiger partial charge < -0.3 is 0 Å². The molecule has 2 aromatic heterocycles. The van der Waals surface area contributed by atoms with Crippen LogP contribution in [0, 0.1) is 11.7 Å². The van der Waals surface area contributed by atoms with E-state index in [4.69, 9.17) is 0 Å². The molecule has 6 heteroatoms. The first-order valence-electron chi connectivity index (χ1n) is 6.63. The largest absolute Gasteiger partial charge is 0.273 e. The number of hydrogen-bond acceptors (Lipinski definition) is 3. The zero-order chi connectivity index (χ0) is 14.3. The maximum atomic E-state index is 13.3. The highest BCUT2D eigenvalue weighted by molar-refractivity contribution is 6.10. The molecule has 1 unspecified atom stereocenters. The second-order valence-electron chi connectivity index (χ2n) is 4.99. The molecule has 3 rings (SSSR count). The van der Waals surface area contributed by atoms with Crippen molar-refractivity contribution in [2.45, 2.75) is 26.7 Å². The van der Waals surface area contributed by atoms with Crippen molar-refractivity contribution in [2.75, 3.05) is 0 Å². The molecule has 0 saturated carbocycles. The Balaban J connectivity index is 2.22. The Morgan fingerprint density at radius 1 is 1.50 bits per heavy atom. The van der Waals surface area contributed by atoms with Gasteiger partial charge >= 0.3 is 0 Å². The van der Waals surface area contributed by atoms with E-state index in [9.17, 15) is 9.18 Å². The van der Waals surface area contributed by atoms with Crippen molar-refractivity contribution in [1.29, 1.82) is 0 Å². The number of pyridine rings is 1. The highest BCUT2D eigenvalue weighted by Crippen LogP contribution is 2.24. The number of rotatable bonds is 2. The number of fused-ring (bicyclic) bond motifs is 1. The lowest BCUT2D eigenvalue weighted by Gasteiger charge is -2.19. The first kappa shape index (κ1) is 12.8. The van der Waals surface area contributed by atoms with E-state index in [1.807, 2.05) is 13.8 Å². The summed E-state index contributed by atoms with van der Waals surface area (Å²) in [5.74, 6) is -0.393. The molecule has 5 nitrogen and oxygen atoms in total. The molecule has 104 valence electrons. The van der Waals surface area contributed by atoms with Crippen LogP contribution in [0.4, 0.5) is 4.39 Å². The van der Waals surface area contributed by atoms with Gasteiger partial charge in [-0.05, 0) is 18.6 Å². The molecular weight excluding hydrogens is 259 g/mol. The molecule has 1 aliphatic rings. The van der Waals surface area contributed by atoms with Crippen LogP contribution in [0.5, 0.6) is 0 Å². The summed E-state index contributed by atoms with van der Waals surface area (Å²) in [5, 5.41) is 8.59. The van der Waals surface area contributed by atoms with Crippen LogP contribution >= 0.6 is 0 Å². The second-order valence-corrected chi connectivity index (χ2v) is 4.99. The molecule has 0 aromatic carbocycles. The fourth-order valence-corrected chi connectivity index (χ4v) is 2.55. The maximum Gasteiger partial charge on any atom is 0.240 e. The quantitative estimate of drug-likeness (QED) is 0.909. The van der Waals surface area contributed by atoms with Crippen LogP contribution in [-0.2, 0) is 11.2 Å². The lowest BCUT2D eigenvalue weighted by Crippen LogP contribution is -2.32. The van der Waals surface area contributed by atoms with Gasteiger partial charge in [-0.15, -0.1) is 0 Å². The smallest absolute Gasteiger partial charge is 0.240 e. The highest BCUT2D eigenvalue weighted by atomic mass is 19.1. The number of hydrazone groups is 1. The lowest BCUT2D eigenvalue weighted by molar-refractivity contribution is -0.121. The molecule has 0 aliphatic carbocycles. The van der Waals surface area contributed by atoms with E-state index < -0.39 is 0 Å². The summed E-state index contributed by atoms with van der Waals surface area (Å²) in [6.07, 6.45) is 2.48. The summed E-state index contributed by atoms with van der Waals surface area (Å²) >= 11 is 0. The number of nitrogens with one attached hydrogen (secondary N) is 1. The summed E-state index contributed by atoms with van der Waals surface area (Å²) in [6, 6.07) is 3.11. The topological polar surface area (TPSA) is 58.8 Å². The lowest BCUT2D eigenvalue weighted by atomic mass is 9.92. The minimum absolute atomic E-state index is 0.0205. The predicted octanol–water partition coefficient (Wildman–Crippen LogP) is 1.90. The summed E-state index contributed by atoms with van der Waals surface area (Å²) in [7, 11) is 0. The molecule has 20 heavy (non-hydrogen) atoms. The zero-order valence-electron chi connectivity index (χ0n) is 11.4. The Morgan fingerprint density at radius 2 is 2.30 bits per heavy atom. The number of carbonyl (C=O) groups excluding carboxylic acids is 1. The van der Waals surface area contributed by atoms with Gasteiger partial charge in [-0.25, -0.2) is 14.3 Å². The molecule has 1 atom stereocenters. The molecule has 0 radical (unpaired) electrons. The van der Waals surface area contributed by atoms with Crippen molar-refractivity contribution in [1.82, 2.24) is 15.0 Å². The monoisotopic (exact) mass is 274 g/mol. The third kappa shape index (κ3) is 1.97. The van der Waals surface area contributed by atoms with Crippen molar-refractivity contribution < 1.29 is 9.18 Å². The number of aromatic nitrogens is 2. The van der Waals surface area contributed by atoms with E-state index in [1.165, 1.54) is 16.8 Å². The molecule has 2 aromatic rings. The van der Waals surface area contributed by atoms with Crippen molar-refractivity contribution >= 4 is 17.1 Å². The summed E-state index contributed by atoms with van der Waals surface area (Å²) in [6.45, 7) is 3.96. The van der Waals surface area contributed by atoms with Crippen molar-refractivity contribution in [2.24, 2.45) is 11.0 Å². The average molecular weight is 274 g/mol. The summed E-state index contributed by atoms with van der Waals surface area (Å²) in [4.78, 5) is 11.4. The molecule has 0 bridgehead atoms. The van der Waals surface area contributed by atoms with Gasteiger partial charge in [0.25, 0.3) is 0 Å². The standard InChI is InChI=1S/C14H15FN4O/c1-3-10-13(14-8(2)6-12(20)16-17-14)11-5-4-9(15)7-19(11)18-10/h4-5,7-8H,3,6H2,1-2H3,(H,16,20). The number of halogens is 1. The SMILES string of the molecule is CCc1nn2cc(F)ccc2c1C1=NNC(=O)CC1C. The molecule has 0 spiro atoms. The zero-order valence-corrected chi connectivity index (χ0v) is 11.4. The van der Waals surface area contributed by atoms with E-state index in [2.05, 4.69) is 15.6 Å².